The molecule has 3 saturated carbocycles. The summed E-state index contributed by atoms with van der Waals surface area (Å²) in [6.07, 6.45) is 15.5. The van der Waals surface area contributed by atoms with E-state index >= 15 is 0 Å². The highest BCUT2D eigenvalue weighted by atomic mass is 16.5. The van der Waals surface area contributed by atoms with Crippen LogP contribution in [0.15, 0.2) is 58.7 Å². The zero-order valence-corrected chi connectivity index (χ0v) is 23.8. The van der Waals surface area contributed by atoms with Crippen LogP contribution in [0.2, 0.25) is 0 Å². The smallest absolute Gasteiger partial charge is 0.331 e. The molecule has 202 valence electrons. The molecule has 0 aromatic rings. The molecule has 0 spiro atoms. The van der Waals surface area contributed by atoms with E-state index in [1.54, 1.807) is 19.1 Å². The maximum absolute atomic E-state index is 13.5. The molecule has 0 aromatic heterocycles. The minimum Gasteiger partial charge on any atom is -0.478 e. The van der Waals surface area contributed by atoms with Gasteiger partial charge in [-0.3, -0.25) is 9.59 Å². The Morgan fingerprint density at radius 3 is 2.19 bits per heavy atom. The van der Waals surface area contributed by atoms with Gasteiger partial charge in [-0.25, -0.2) is 4.79 Å². The van der Waals surface area contributed by atoms with Crippen LogP contribution < -0.4 is 0 Å². The highest BCUT2D eigenvalue weighted by molar-refractivity contribution is 6.00. The molecule has 1 N–H and O–H groups in total. The number of hydrogen-bond donors (Lipinski definition) is 1. The van der Waals surface area contributed by atoms with Gasteiger partial charge in [0.1, 0.15) is 6.10 Å². The van der Waals surface area contributed by atoms with Gasteiger partial charge in [0.25, 0.3) is 0 Å². The van der Waals surface area contributed by atoms with E-state index in [9.17, 15) is 14.4 Å². The van der Waals surface area contributed by atoms with E-state index in [4.69, 9.17) is 9.84 Å². The largest absolute Gasteiger partial charge is 0.478 e. The number of rotatable bonds is 6. The van der Waals surface area contributed by atoms with E-state index < -0.39 is 5.97 Å². The Balaban J connectivity index is 1.85. The van der Waals surface area contributed by atoms with Crippen LogP contribution in [0.4, 0.5) is 0 Å². The van der Waals surface area contributed by atoms with Gasteiger partial charge in [-0.15, -0.1) is 0 Å². The van der Waals surface area contributed by atoms with Crippen LogP contribution in [0.25, 0.3) is 0 Å². The summed E-state index contributed by atoms with van der Waals surface area (Å²) in [5.41, 5.74) is 3.03. The second-order valence-electron chi connectivity index (χ2n) is 12.5. The number of esters is 1. The first-order chi connectivity index (χ1) is 17.1. The average molecular weight is 509 g/mol. The predicted octanol–water partition coefficient (Wildman–Crippen LogP) is 7.16. The summed E-state index contributed by atoms with van der Waals surface area (Å²) in [6.45, 7) is 16.2. The van der Waals surface area contributed by atoms with Crippen molar-refractivity contribution in [1.29, 1.82) is 0 Å². The van der Waals surface area contributed by atoms with E-state index in [1.165, 1.54) is 6.92 Å². The molecule has 0 aliphatic heterocycles. The molecule has 5 nitrogen and oxygen atoms in total. The predicted molar refractivity (Wildman–Crippen MR) is 147 cm³/mol. The number of carbonyl (C=O) groups excluding carboxylic acids is 2. The minimum atomic E-state index is -0.926. The fraction of sp³-hybridized carbons (Fsp3) is 0.594. The second-order valence-corrected chi connectivity index (χ2v) is 12.5. The summed E-state index contributed by atoms with van der Waals surface area (Å²) in [5, 5.41) is 8.95. The zero-order chi connectivity index (χ0) is 27.8. The molecule has 3 rings (SSSR count). The van der Waals surface area contributed by atoms with Crippen molar-refractivity contribution < 1.29 is 24.2 Å². The molecule has 3 aliphatic rings. The number of allylic oxidation sites excluding steroid dienone is 9. The summed E-state index contributed by atoms with van der Waals surface area (Å²) >= 11 is 0. The summed E-state index contributed by atoms with van der Waals surface area (Å²) < 4.78 is 5.76. The highest BCUT2D eigenvalue weighted by Crippen LogP contribution is 2.69. The van der Waals surface area contributed by atoms with E-state index in [0.29, 0.717) is 12.3 Å². The Labute approximate surface area is 222 Å². The average Bonchev–Trinajstić information content (AvgIpc) is 3.06. The summed E-state index contributed by atoms with van der Waals surface area (Å²) in [5.74, 6) is -0.184. The zero-order valence-electron chi connectivity index (χ0n) is 23.8. The molecule has 0 heterocycles. The molecular formula is C32H44O5. The Kier molecular flexibility index (Phi) is 8.26. The van der Waals surface area contributed by atoms with Gasteiger partial charge < -0.3 is 9.84 Å². The molecule has 37 heavy (non-hydrogen) atoms. The van der Waals surface area contributed by atoms with Crippen LogP contribution >= 0.6 is 0 Å². The number of carboxylic acids is 1. The number of carboxylic acid groups (broad SMARTS) is 1. The van der Waals surface area contributed by atoms with Crippen molar-refractivity contribution >= 4 is 17.7 Å². The summed E-state index contributed by atoms with van der Waals surface area (Å²) in [7, 11) is 0. The number of hydrogen-bond acceptors (Lipinski definition) is 4. The highest BCUT2D eigenvalue weighted by Gasteiger charge is 2.65. The van der Waals surface area contributed by atoms with Crippen LogP contribution in [-0.2, 0) is 19.1 Å². The van der Waals surface area contributed by atoms with Crippen molar-refractivity contribution in [2.24, 2.45) is 28.1 Å². The molecule has 0 amide bonds. The molecule has 5 heteroatoms. The fourth-order valence-electron chi connectivity index (χ4n) is 7.87. The third-order valence-electron chi connectivity index (χ3n) is 9.68. The molecule has 5 atom stereocenters. The third kappa shape index (κ3) is 5.46. The lowest BCUT2D eigenvalue weighted by Gasteiger charge is -2.62. The van der Waals surface area contributed by atoms with E-state index in [1.807, 2.05) is 38.2 Å². The SMILES string of the molecule is CC(=O)O[C@H]1CC[C@@]2(C)C(CCC3(C)/C(=C(C)/C=C/C=C(C)/C=C/C=C(\C)C(=O)O)C(=O)C[C@H]32)C1(C)C. The number of carbonyl (C=O) groups is 3. The van der Waals surface area contributed by atoms with Gasteiger partial charge in [-0.05, 0) is 69.3 Å². The summed E-state index contributed by atoms with van der Waals surface area (Å²) in [6, 6.07) is 0. The molecule has 2 unspecified atom stereocenters. The standard InChI is InChI=1S/C32H44O5/c1-20(12-10-14-22(3)29(35)36)11-9-13-21(2)28-24(34)19-26-31(7)18-16-27(37-23(4)33)30(5,6)25(31)15-17-32(26,28)8/h9-14,25-27H,15-19H2,1-8H3,(H,35,36)/b12-10+,13-9+,20-11+,22-14+,28-21+/t25?,26-,27-,31-,32?/m0/s1. The van der Waals surface area contributed by atoms with Crippen LogP contribution in [0, 0.1) is 28.1 Å². The number of fused-ring (bicyclic) bond motifs is 3. The van der Waals surface area contributed by atoms with Gasteiger partial charge in [0.05, 0.1) is 0 Å². The monoisotopic (exact) mass is 508 g/mol. The van der Waals surface area contributed by atoms with Gasteiger partial charge in [0, 0.05) is 35.3 Å². The Morgan fingerprint density at radius 2 is 1.57 bits per heavy atom. The van der Waals surface area contributed by atoms with E-state index in [2.05, 4.69) is 27.7 Å². The topological polar surface area (TPSA) is 80.7 Å². The van der Waals surface area contributed by atoms with Crippen molar-refractivity contribution in [3.63, 3.8) is 0 Å². The molecule has 0 bridgehead atoms. The van der Waals surface area contributed by atoms with Crippen molar-refractivity contribution in [3.8, 4) is 0 Å². The molecule has 0 saturated heterocycles. The third-order valence-corrected chi connectivity index (χ3v) is 9.68. The Bertz CT molecular complexity index is 1110. The lowest BCUT2D eigenvalue weighted by atomic mass is 9.43. The maximum Gasteiger partial charge on any atom is 0.331 e. The number of aliphatic carboxylic acids is 1. The first-order valence-corrected chi connectivity index (χ1v) is 13.5. The van der Waals surface area contributed by atoms with Crippen molar-refractivity contribution in [2.45, 2.75) is 93.6 Å². The quantitative estimate of drug-likeness (QED) is 0.234. The van der Waals surface area contributed by atoms with Gasteiger partial charge in [-0.2, -0.15) is 0 Å². The van der Waals surface area contributed by atoms with Gasteiger partial charge >= 0.3 is 11.9 Å². The van der Waals surface area contributed by atoms with Crippen LogP contribution in [0.1, 0.15) is 87.5 Å². The van der Waals surface area contributed by atoms with Gasteiger partial charge in [0.2, 0.25) is 0 Å². The second kappa shape index (κ2) is 10.6. The van der Waals surface area contributed by atoms with E-state index in [0.717, 1.165) is 42.4 Å². The maximum atomic E-state index is 13.5. The van der Waals surface area contributed by atoms with Crippen molar-refractivity contribution in [3.05, 3.63) is 58.7 Å². The number of Topliss-reactive ketones (excluding diaryl/α,β-unsaturated/α-hetero) is 1. The first kappa shape index (κ1) is 28.9. The van der Waals surface area contributed by atoms with Crippen LogP contribution in [0.5, 0.6) is 0 Å². The molecular weight excluding hydrogens is 464 g/mol. The van der Waals surface area contributed by atoms with Crippen molar-refractivity contribution in [2.75, 3.05) is 0 Å². The molecule has 0 aromatic carbocycles. The minimum absolute atomic E-state index is 0.0252. The van der Waals surface area contributed by atoms with Crippen molar-refractivity contribution in [1.82, 2.24) is 0 Å². The Hall–Kier alpha value is -2.69. The Morgan fingerprint density at radius 1 is 0.919 bits per heavy atom. The van der Waals surface area contributed by atoms with Gasteiger partial charge in [-0.1, -0.05) is 69.7 Å². The fourth-order valence-corrected chi connectivity index (χ4v) is 7.87. The molecule has 0 radical (unpaired) electrons. The van der Waals surface area contributed by atoms with E-state index in [-0.39, 0.29) is 45.6 Å². The first-order valence-electron chi connectivity index (χ1n) is 13.5. The normalized spacial score (nSPS) is 35.5. The molecule has 3 fully saturated rings. The number of ketones is 1. The lowest BCUT2D eigenvalue weighted by molar-refractivity contribution is -0.185. The van der Waals surface area contributed by atoms with Crippen LogP contribution in [0.3, 0.4) is 0 Å². The van der Waals surface area contributed by atoms with Gasteiger partial charge in [0.15, 0.2) is 5.78 Å². The molecule has 3 aliphatic carbocycles. The summed E-state index contributed by atoms with van der Waals surface area (Å²) in [4.78, 5) is 36.1. The van der Waals surface area contributed by atoms with Crippen LogP contribution in [-0.4, -0.2) is 28.9 Å². The lowest BCUT2D eigenvalue weighted by Crippen LogP contribution is -2.58. The number of ether oxygens (including phenoxy) is 1.